The molecule has 0 bridgehead atoms. The van der Waals surface area contributed by atoms with E-state index in [1.54, 1.807) is 0 Å². The minimum absolute atomic E-state index is 0.165. The van der Waals surface area contributed by atoms with Crippen molar-refractivity contribution in [3.05, 3.63) is 46.9 Å². The molecule has 0 aliphatic carbocycles. The average molecular weight is 299 g/mol. The zero-order valence-electron chi connectivity index (χ0n) is 11.7. The number of likely N-dealkylation sites (tertiary alicyclic amines) is 1. The Kier molecular flexibility index (Phi) is 4.33. The van der Waals surface area contributed by atoms with Gasteiger partial charge in [-0.2, -0.15) is 0 Å². The van der Waals surface area contributed by atoms with Gasteiger partial charge in [0.25, 0.3) is 0 Å². The number of carboxylic acids is 1. The van der Waals surface area contributed by atoms with Crippen LogP contribution >= 0.6 is 11.8 Å². The average Bonchev–Trinajstić information content (AvgIpc) is 2.88. The Labute approximate surface area is 129 Å². The monoisotopic (exact) mass is 299 g/mol. The van der Waals surface area contributed by atoms with Crippen LogP contribution in [0.25, 0.3) is 0 Å². The zero-order chi connectivity index (χ0) is 14.7. The van der Waals surface area contributed by atoms with Crippen LogP contribution in [0.3, 0.4) is 0 Å². The van der Waals surface area contributed by atoms with E-state index in [0.29, 0.717) is 18.3 Å². The first-order valence-electron chi connectivity index (χ1n) is 7.10. The van der Waals surface area contributed by atoms with E-state index in [9.17, 15) is 4.79 Å². The van der Waals surface area contributed by atoms with Crippen molar-refractivity contribution in [2.75, 3.05) is 19.6 Å². The molecule has 0 radical (unpaired) electrons. The fourth-order valence-electron chi connectivity index (χ4n) is 2.52. The highest BCUT2D eigenvalue weighted by atomic mass is 32.2. The van der Waals surface area contributed by atoms with Crippen LogP contribution in [0.2, 0.25) is 0 Å². The van der Waals surface area contributed by atoms with Crippen LogP contribution in [0.4, 0.5) is 0 Å². The number of rotatable bonds is 3. The molecule has 0 saturated carbocycles. The summed E-state index contributed by atoms with van der Waals surface area (Å²) in [6.45, 7) is 2.34. The summed E-state index contributed by atoms with van der Waals surface area (Å²) in [5.74, 6) is 5.57. The number of thioether (sulfide) groups is 1. The normalized spacial score (nSPS) is 22.1. The minimum Gasteiger partial charge on any atom is -0.481 e. The molecule has 0 aromatic heterocycles. The Morgan fingerprint density at radius 2 is 2.05 bits per heavy atom. The molecule has 4 heteroatoms. The summed E-state index contributed by atoms with van der Waals surface area (Å²) >= 11 is 1.82. The van der Waals surface area contributed by atoms with Gasteiger partial charge in [0, 0.05) is 30.4 Å². The molecular formula is C17H17NO2S. The van der Waals surface area contributed by atoms with Crippen LogP contribution < -0.4 is 0 Å². The van der Waals surface area contributed by atoms with Gasteiger partial charge in [0.15, 0.2) is 0 Å². The number of nitrogens with zero attached hydrogens (tertiary/aromatic N) is 1. The number of carbonyl (C=O) groups is 1. The maximum absolute atomic E-state index is 10.8. The van der Waals surface area contributed by atoms with Gasteiger partial charge in [-0.1, -0.05) is 36.1 Å². The van der Waals surface area contributed by atoms with E-state index in [0.717, 1.165) is 23.4 Å². The van der Waals surface area contributed by atoms with Crippen molar-refractivity contribution in [2.24, 2.45) is 5.92 Å². The van der Waals surface area contributed by atoms with E-state index in [1.165, 1.54) is 0 Å². The molecular weight excluding hydrogens is 282 g/mol. The number of aliphatic carboxylic acids is 1. The maximum Gasteiger partial charge on any atom is 0.309 e. The van der Waals surface area contributed by atoms with E-state index in [1.807, 2.05) is 42.1 Å². The summed E-state index contributed by atoms with van der Waals surface area (Å²) in [7, 11) is 0. The predicted molar refractivity (Wildman–Crippen MR) is 85.0 cm³/mol. The third-order valence-electron chi connectivity index (χ3n) is 3.73. The van der Waals surface area contributed by atoms with Gasteiger partial charge < -0.3 is 10.0 Å². The lowest BCUT2D eigenvalue weighted by Crippen LogP contribution is -2.52. The number of hydrogen-bond donors (Lipinski definition) is 1. The van der Waals surface area contributed by atoms with Crippen LogP contribution in [0.1, 0.15) is 12.0 Å². The van der Waals surface area contributed by atoms with E-state index in [4.69, 9.17) is 5.11 Å². The standard InChI is InChI=1S/C17H17NO2S/c19-17(20)14-10-18(11-14)12-16-9-8-15(21-16)7-6-13-4-2-1-3-5-13/h1-5,8,14,16H,9-12H2,(H,19,20). The third-order valence-corrected chi connectivity index (χ3v) is 4.93. The lowest BCUT2D eigenvalue weighted by atomic mass is 10.0. The molecule has 1 aromatic carbocycles. The van der Waals surface area contributed by atoms with Gasteiger partial charge in [-0.15, -0.1) is 11.8 Å². The molecule has 108 valence electrons. The van der Waals surface area contributed by atoms with Gasteiger partial charge >= 0.3 is 5.97 Å². The summed E-state index contributed by atoms with van der Waals surface area (Å²) in [4.78, 5) is 14.1. The predicted octanol–water partition coefficient (Wildman–Crippen LogP) is 2.44. The Balaban J connectivity index is 1.46. The topological polar surface area (TPSA) is 40.5 Å². The Morgan fingerprint density at radius 1 is 1.29 bits per heavy atom. The number of benzene rings is 1. The Morgan fingerprint density at radius 3 is 2.76 bits per heavy atom. The molecule has 1 saturated heterocycles. The summed E-state index contributed by atoms with van der Waals surface area (Å²) in [5.41, 5.74) is 1.04. The number of hydrogen-bond acceptors (Lipinski definition) is 3. The van der Waals surface area contributed by atoms with E-state index in [-0.39, 0.29) is 5.92 Å². The van der Waals surface area contributed by atoms with Gasteiger partial charge in [0.2, 0.25) is 0 Å². The molecule has 0 amide bonds. The molecule has 21 heavy (non-hydrogen) atoms. The molecule has 3 rings (SSSR count). The molecule has 1 N–H and O–H groups in total. The Hall–Kier alpha value is -1.70. The zero-order valence-corrected chi connectivity index (χ0v) is 12.5. The fraction of sp³-hybridized carbons (Fsp3) is 0.353. The second kappa shape index (κ2) is 6.38. The smallest absolute Gasteiger partial charge is 0.309 e. The van der Waals surface area contributed by atoms with Crippen LogP contribution in [0, 0.1) is 17.8 Å². The van der Waals surface area contributed by atoms with Crippen LogP contribution in [0.15, 0.2) is 41.3 Å². The second-order valence-electron chi connectivity index (χ2n) is 5.41. The van der Waals surface area contributed by atoms with Crippen molar-refractivity contribution in [2.45, 2.75) is 11.7 Å². The van der Waals surface area contributed by atoms with Gasteiger partial charge in [-0.05, 0) is 18.6 Å². The quantitative estimate of drug-likeness (QED) is 0.870. The molecule has 1 unspecified atom stereocenters. The Bertz CT molecular complexity index is 609. The number of allylic oxidation sites excluding steroid dienone is 2. The van der Waals surface area contributed by atoms with Gasteiger partial charge in [0.05, 0.1) is 10.8 Å². The van der Waals surface area contributed by atoms with Crippen LogP contribution in [-0.2, 0) is 4.79 Å². The highest BCUT2D eigenvalue weighted by Gasteiger charge is 2.34. The SMILES string of the molecule is O=C(O)C1CN(CC2CC=C(C#Cc3ccccc3)S2)C1. The van der Waals surface area contributed by atoms with Gasteiger partial charge in [-0.3, -0.25) is 4.79 Å². The van der Waals surface area contributed by atoms with Crippen molar-refractivity contribution in [1.82, 2.24) is 4.90 Å². The lowest BCUT2D eigenvalue weighted by molar-refractivity contribution is -0.147. The summed E-state index contributed by atoms with van der Waals surface area (Å²) < 4.78 is 0. The molecule has 1 atom stereocenters. The van der Waals surface area contributed by atoms with Gasteiger partial charge in [-0.25, -0.2) is 0 Å². The molecule has 2 aliphatic rings. The van der Waals surface area contributed by atoms with Crippen molar-refractivity contribution < 1.29 is 9.90 Å². The van der Waals surface area contributed by atoms with Crippen molar-refractivity contribution in [3.63, 3.8) is 0 Å². The van der Waals surface area contributed by atoms with Gasteiger partial charge in [0.1, 0.15) is 0 Å². The highest BCUT2D eigenvalue weighted by Crippen LogP contribution is 2.33. The van der Waals surface area contributed by atoms with E-state index < -0.39 is 5.97 Å². The third kappa shape index (κ3) is 3.69. The van der Waals surface area contributed by atoms with Crippen molar-refractivity contribution in [1.29, 1.82) is 0 Å². The molecule has 0 spiro atoms. The second-order valence-corrected chi connectivity index (χ2v) is 6.76. The van der Waals surface area contributed by atoms with E-state index in [2.05, 4.69) is 22.8 Å². The van der Waals surface area contributed by atoms with Crippen molar-refractivity contribution in [3.8, 4) is 11.8 Å². The minimum atomic E-state index is -0.669. The van der Waals surface area contributed by atoms with Crippen LogP contribution in [-0.4, -0.2) is 40.9 Å². The van der Waals surface area contributed by atoms with E-state index >= 15 is 0 Å². The molecule has 1 aromatic rings. The summed E-state index contributed by atoms with van der Waals surface area (Å²) in [5, 5.41) is 9.39. The maximum atomic E-state index is 10.8. The first kappa shape index (κ1) is 14.2. The summed E-state index contributed by atoms with van der Waals surface area (Å²) in [6, 6.07) is 9.99. The molecule has 2 aliphatic heterocycles. The number of carboxylic acid groups (broad SMARTS) is 1. The van der Waals surface area contributed by atoms with Crippen LogP contribution in [0.5, 0.6) is 0 Å². The van der Waals surface area contributed by atoms with Crippen molar-refractivity contribution >= 4 is 17.7 Å². The highest BCUT2D eigenvalue weighted by molar-refractivity contribution is 8.04. The molecule has 1 fully saturated rings. The first-order valence-corrected chi connectivity index (χ1v) is 7.98. The summed E-state index contributed by atoms with van der Waals surface area (Å²) in [6.07, 6.45) is 3.22. The molecule has 3 nitrogen and oxygen atoms in total. The first-order chi connectivity index (χ1) is 10.2. The lowest BCUT2D eigenvalue weighted by Gasteiger charge is -2.37. The fourth-order valence-corrected chi connectivity index (χ4v) is 3.66. The largest absolute Gasteiger partial charge is 0.481 e. The molecule has 2 heterocycles.